The number of nitrogens with zero attached hydrogens (tertiary/aromatic N) is 4. The van der Waals surface area contributed by atoms with Crippen molar-refractivity contribution < 1.29 is 19.1 Å². The van der Waals surface area contributed by atoms with Crippen molar-refractivity contribution in [3.63, 3.8) is 0 Å². The lowest BCUT2D eigenvalue weighted by Crippen LogP contribution is -2.10. The molecule has 9 heteroatoms. The second kappa shape index (κ2) is 7.09. The quantitative estimate of drug-likeness (QED) is 0.668. The van der Waals surface area contributed by atoms with Crippen molar-refractivity contribution in [1.29, 1.82) is 0 Å². The topological polar surface area (TPSA) is 114 Å². The highest BCUT2D eigenvalue weighted by molar-refractivity contribution is 5.92. The highest BCUT2D eigenvalue weighted by Gasteiger charge is 2.18. The molecule has 0 saturated heterocycles. The van der Waals surface area contributed by atoms with Gasteiger partial charge in [-0.25, -0.2) is 14.5 Å². The van der Waals surface area contributed by atoms with Crippen molar-refractivity contribution in [2.45, 2.75) is 6.92 Å². The largest absolute Gasteiger partial charge is 0.481 e. The van der Waals surface area contributed by atoms with E-state index in [1.807, 2.05) is 0 Å². The molecule has 0 aliphatic carbocycles. The Hall–Kier alpha value is -3.62. The van der Waals surface area contributed by atoms with E-state index in [2.05, 4.69) is 10.1 Å². The number of aromatic nitrogens is 4. The fraction of sp³-hybridized carbons (Fsp3) is 0.176. The lowest BCUT2D eigenvalue weighted by Gasteiger charge is -2.08. The van der Waals surface area contributed by atoms with Crippen LogP contribution in [0.4, 0.5) is 0 Å². The maximum absolute atomic E-state index is 12.1. The molecule has 26 heavy (non-hydrogen) atoms. The van der Waals surface area contributed by atoms with Crippen LogP contribution in [0.5, 0.6) is 5.88 Å². The van der Waals surface area contributed by atoms with Crippen LogP contribution in [0.25, 0.3) is 11.5 Å². The predicted molar refractivity (Wildman–Crippen MR) is 91.7 cm³/mol. The van der Waals surface area contributed by atoms with E-state index < -0.39 is 11.9 Å². The van der Waals surface area contributed by atoms with E-state index in [0.29, 0.717) is 22.9 Å². The Labute approximate surface area is 149 Å². The number of hydrogen-bond donors (Lipinski definition) is 1. The molecule has 3 heterocycles. The lowest BCUT2D eigenvalue weighted by atomic mass is 10.3. The average Bonchev–Trinajstić information content (AvgIpc) is 3.29. The first-order chi connectivity index (χ1) is 12.5. The summed E-state index contributed by atoms with van der Waals surface area (Å²) in [4.78, 5) is 27.6. The van der Waals surface area contributed by atoms with Crippen LogP contribution >= 0.6 is 0 Å². The van der Waals surface area contributed by atoms with Gasteiger partial charge in [-0.1, -0.05) is 0 Å². The van der Waals surface area contributed by atoms with Crippen molar-refractivity contribution >= 4 is 11.9 Å². The molecule has 0 unspecified atom stereocenters. The number of nitrogens with two attached hydrogens (primary N) is 1. The summed E-state index contributed by atoms with van der Waals surface area (Å²) >= 11 is 0. The first kappa shape index (κ1) is 17.2. The van der Waals surface area contributed by atoms with Crippen molar-refractivity contribution in [3.8, 4) is 17.4 Å². The van der Waals surface area contributed by atoms with Crippen LogP contribution in [0, 0.1) is 0 Å². The Morgan fingerprint density at radius 2 is 2.08 bits per heavy atom. The fourth-order valence-electron chi connectivity index (χ4n) is 2.35. The van der Waals surface area contributed by atoms with E-state index in [1.165, 1.54) is 11.8 Å². The third-order valence-corrected chi connectivity index (χ3v) is 3.59. The molecule has 0 saturated carbocycles. The van der Waals surface area contributed by atoms with Gasteiger partial charge in [0, 0.05) is 24.5 Å². The molecule has 1 amide bonds. The minimum atomic E-state index is -0.549. The van der Waals surface area contributed by atoms with Gasteiger partial charge in [0.05, 0.1) is 31.2 Å². The molecule has 3 rings (SSSR count). The van der Waals surface area contributed by atoms with Crippen LogP contribution in [0.2, 0.25) is 0 Å². The summed E-state index contributed by atoms with van der Waals surface area (Å²) in [6.07, 6.45) is 4.77. The highest BCUT2D eigenvalue weighted by Crippen LogP contribution is 2.19. The van der Waals surface area contributed by atoms with Gasteiger partial charge < -0.3 is 19.8 Å². The summed E-state index contributed by atoms with van der Waals surface area (Å²) in [5, 5.41) is 4.31. The maximum atomic E-state index is 12.1. The number of primary amides is 1. The minimum absolute atomic E-state index is 0.131. The van der Waals surface area contributed by atoms with Gasteiger partial charge in [-0.2, -0.15) is 5.10 Å². The van der Waals surface area contributed by atoms with Gasteiger partial charge in [0.25, 0.3) is 0 Å². The molecular weight excluding hydrogens is 338 g/mol. The van der Waals surface area contributed by atoms with Crippen LogP contribution in [0.3, 0.4) is 0 Å². The summed E-state index contributed by atoms with van der Waals surface area (Å²) in [7, 11) is 1.52. The number of amides is 1. The van der Waals surface area contributed by atoms with Crippen LogP contribution in [-0.2, 0) is 4.74 Å². The van der Waals surface area contributed by atoms with Gasteiger partial charge >= 0.3 is 5.97 Å². The summed E-state index contributed by atoms with van der Waals surface area (Å²) in [5.41, 5.74) is 6.38. The van der Waals surface area contributed by atoms with Crippen LogP contribution < -0.4 is 10.5 Å². The van der Waals surface area contributed by atoms with E-state index >= 15 is 0 Å². The molecule has 3 aromatic heterocycles. The number of esters is 1. The zero-order chi connectivity index (χ0) is 18.7. The number of carbonyl (C=O) groups excluding carboxylic acids is 2. The normalized spacial score (nSPS) is 10.5. The minimum Gasteiger partial charge on any atom is -0.481 e. The number of pyridine rings is 1. The first-order valence-electron chi connectivity index (χ1n) is 7.79. The van der Waals surface area contributed by atoms with Crippen molar-refractivity contribution in [2.75, 3.05) is 13.7 Å². The van der Waals surface area contributed by atoms with Crippen LogP contribution in [-0.4, -0.2) is 44.9 Å². The molecule has 0 atom stereocenters. The Morgan fingerprint density at radius 3 is 2.65 bits per heavy atom. The molecule has 0 spiro atoms. The molecule has 0 fully saturated rings. The zero-order valence-corrected chi connectivity index (χ0v) is 14.2. The molecule has 0 aliphatic heterocycles. The zero-order valence-electron chi connectivity index (χ0n) is 14.2. The molecule has 9 nitrogen and oxygen atoms in total. The number of carbonyl (C=O) groups is 2. The smallest absolute Gasteiger partial charge is 0.358 e. The van der Waals surface area contributed by atoms with Crippen LogP contribution in [0.15, 0.2) is 42.9 Å². The second-order valence-corrected chi connectivity index (χ2v) is 5.25. The molecule has 3 aromatic rings. The predicted octanol–water partition coefficient (Wildman–Crippen LogP) is 1.34. The third-order valence-electron chi connectivity index (χ3n) is 3.59. The maximum Gasteiger partial charge on any atom is 0.358 e. The fourth-order valence-corrected chi connectivity index (χ4v) is 2.35. The van der Waals surface area contributed by atoms with Crippen molar-refractivity contribution in [2.24, 2.45) is 5.73 Å². The third kappa shape index (κ3) is 3.27. The standard InChI is InChI=1S/C17H17N5O4/c1-3-26-17(24)13-8-15(21-7-6-11(10-21)16(18)23)22(20-13)12-4-5-14(25-2)19-9-12/h4-10H,3H2,1-2H3,(H2,18,23). The molecule has 0 aromatic carbocycles. The molecule has 0 aliphatic rings. The van der Waals surface area contributed by atoms with E-state index in [1.54, 1.807) is 54.3 Å². The van der Waals surface area contributed by atoms with E-state index in [4.69, 9.17) is 15.2 Å². The van der Waals surface area contributed by atoms with Gasteiger partial charge in [0.15, 0.2) is 5.69 Å². The van der Waals surface area contributed by atoms with Gasteiger partial charge in [-0.3, -0.25) is 4.79 Å². The van der Waals surface area contributed by atoms with E-state index in [9.17, 15) is 9.59 Å². The van der Waals surface area contributed by atoms with Gasteiger partial charge in [-0.15, -0.1) is 0 Å². The summed E-state index contributed by atoms with van der Waals surface area (Å²) in [6.45, 7) is 1.95. The Bertz CT molecular complexity index is 942. The van der Waals surface area contributed by atoms with Gasteiger partial charge in [-0.05, 0) is 19.1 Å². The molecule has 0 radical (unpaired) electrons. The Morgan fingerprint density at radius 1 is 1.27 bits per heavy atom. The SMILES string of the molecule is CCOC(=O)c1cc(-n2ccc(C(N)=O)c2)n(-c2ccc(OC)nc2)n1. The summed E-state index contributed by atoms with van der Waals surface area (Å²) < 4.78 is 13.2. The summed E-state index contributed by atoms with van der Waals surface area (Å²) in [5.74, 6) is -0.125. The number of methoxy groups -OCH3 is 1. The molecular formula is C17H17N5O4. The Kier molecular flexibility index (Phi) is 4.70. The number of ether oxygens (including phenoxy) is 2. The van der Waals surface area contributed by atoms with E-state index in [0.717, 1.165) is 0 Å². The average molecular weight is 355 g/mol. The number of rotatable bonds is 6. The Balaban J connectivity index is 2.10. The molecule has 134 valence electrons. The van der Waals surface area contributed by atoms with Crippen molar-refractivity contribution in [1.82, 2.24) is 19.3 Å². The monoisotopic (exact) mass is 355 g/mol. The number of hydrogen-bond acceptors (Lipinski definition) is 6. The van der Waals surface area contributed by atoms with Crippen molar-refractivity contribution in [3.05, 3.63) is 54.1 Å². The second-order valence-electron chi connectivity index (χ2n) is 5.25. The van der Waals surface area contributed by atoms with Crippen LogP contribution in [0.1, 0.15) is 27.8 Å². The first-order valence-corrected chi connectivity index (χ1v) is 7.79. The van der Waals surface area contributed by atoms with E-state index in [-0.39, 0.29) is 12.3 Å². The highest BCUT2D eigenvalue weighted by atomic mass is 16.5. The molecule has 0 bridgehead atoms. The molecule has 2 N–H and O–H groups in total. The lowest BCUT2D eigenvalue weighted by molar-refractivity contribution is 0.0518. The summed E-state index contributed by atoms with van der Waals surface area (Å²) in [6, 6.07) is 6.56. The van der Waals surface area contributed by atoms with Gasteiger partial charge in [0.2, 0.25) is 11.8 Å². The van der Waals surface area contributed by atoms with Gasteiger partial charge in [0.1, 0.15) is 5.82 Å².